The Morgan fingerprint density at radius 1 is 1.05 bits per heavy atom. The summed E-state index contributed by atoms with van der Waals surface area (Å²) in [6.45, 7) is 0. The van der Waals surface area contributed by atoms with Gasteiger partial charge in [-0.1, -0.05) is 35.9 Å². The van der Waals surface area contributed by atoms with Crippen LogP contribution in [0.1, 0.15) is 17.0 Å². The number of H-pyrrole nitrogens is 1. The van der Waals surface area contributed by atoms with E-state index in [1.807, 2.05) is 0 Å². The molecular weight excluding hydrogens is 313 g/mol. The SMILES string of the molecule is FC(F)(F)c1ccccc1/C=C/c1nc2ccc(Cl)cc2[nH]1. The number of imidazole rings is 1. The zero-order chi connectivity index (χ0) is 15.7. The number of benzene rings is 2. The molecule has 0 atom stereocenters. The second-order valence-corrected chi connectivity index (χ2v) is 5.14. The highest BCUT2D eigenvalue weighted by Gasteiger charge is 2.32. The van der Waals surface area contributed by atoms with Crippen LogP contribution in [0.25, 0.3) is 23.2 Å². The van der Waals surface area contributed by atoms with Crippen molar-refractivity contribution < 1.29 is 13.2 Å². The van der Waals surface area contributed by atoms with Gasteiger partial charge in [0.25, 0.3) is 0 Å². The van der Waals surface area contributed by atoms with Gasteiger partial charge in [-0.15, -0.1) is 0 Å². The fourth-order valence-corrected chi connectivity index (χ4v) is 2.32. The van der Waals surface area contributed by atoms with Gasteiger partial charge < -0.3 is 4.98 Å². The zero-order valence-electron chi connectivity index (χ0n) is 11.2. The standard InChI is InChI=1S/C16H10ClF3N2/c17-11-6-7-13-14(9-11)22-15(21-13)8-5-10-3-1-2-4-12(10)16(18,19)20/h1-9H,(H,21,22)/b8-5+. The quantitative estimate of drug-likeness (QED) is 0.672. The molecule has 0 saturated heterocycles. The third-order valence-corrected chi connectivity index (χ3v) is 3.38. The molecule has 0 radical (unpaired) electrons. The molecule has 0 aliphatic rings. The number of aromatic amines is 1. The second-order valence-electron chi connectivity index (χ2n) is 4.70. The monoisotopic (exact) mass is 322 g/mol. The van der Waals surface area contributed by atoms with Crippen molar-refractivity contribution in [3.8, 4) is 0 Å². The summed E-state index contributed by atoms with van der Waals surface area (Å²) in [5.74, 6) is 0.467. The van der Waals surface area contributed by atoms with Gasteiger partial charge in [-0.05, 0) is 35.9 Å². The number of rotatable bonds is 2. The predicted octanol–water partition coefficient (Wildman–Crippen LogP) is 5.41. The molecule has 2 aromatic carbocycles. The van der Waals surface area contributed by atoms with Gasteiger partial charge in [0.1, 0.15) is 5.82 Å². The maximum absolute atomic E-state index is 12.9. The molecule has 1 heterocycles. The van der Waals surface area contributed by atoms with E-state index in [2.05, 4.69) is 9.97 Å². The highest BCUT2D eigenvalue weighted by atomic mass is 35.5. The average molecular weight is 323 g/mol. The molecule has 2 nitrogen and oxygen atoms in total. The highest BCUT2D eigenvalue weighted by molar-refractivity contribution is 6.31. The van der Waals surface area contributed by atoms with Gasteiger partial charge in [-0.3, -0.25) is 0 Å². The van der Waals surface area contributed by atoms with E-state index in [0.29, 0.717) is 16.4 Å². The van der Waals surface area contributed by atoms with E-state index in [0.717, 1.165) is 11.6 Å². The first-order valence-electron chi connectivity index (χ1n) is 6.43. The van der Waals surface area contributed by atoms with Gasteiger partial charge in [-0.2, -0.15) is 13.2 Å². The fraction of sp³-hybridized carbons (Fsp3) is 0.0625. The first-order chi connectivity index (χ1) is 10.4. The smallest absolute Gasteiger partial charge is 0.338 e. The van der Waals surface area contributed by atoms with Crippen LogP contribution in [0.2, 0.25) is 5.02 Å². The largest absolute Gasteiger partial charge is 0.416 e. The number of fused-ring (bicyclic) bond motifs is 1. The Morgan fingerprint density at radius 3 is 2.59 bits per heavy atom. The molecule has 0 fully saturated rings. The molecule has 22 heavy (non-hydrogen) atoms. The van der Waals surface area contributed by atoms with Crippen molar-refractivity contribution in [1.82, 2.24) is 9.97 Å². The van der Waals surface area contributed by atoms with Gasteiger partial charge in [0, 0.05) is 5.02 Å². The van der Waals surface area contributed by atoms with Crippen LogP contribution in [0.3, 0.4) is 0 Å². The topological polar surface area (TPSA) is 28.7 Å². The van der Waals surface area contributed by atoms with E-state index in [1.54, 1.807) is 24.3 Å². The third kappa shape index (κ3) is 2.99. The number of hydrogen-bond donors (Lipinski definition) is 1. The lowest BCUT2D eigenvalue weighted by atomic mass is 10.1. The normalized spacial score (nSPS) is 12.4. The van der Waals surface area contributed by atoms with Crippen LogP contribution in [0.5, 0.6) is 0 Å². The molecular formula is C16H10ClF3N2. The van der Waals surface area contributed by atoms with Crippen LogP contribution in [-0.4, -0.2) is 9.97 Å². The van der Waals surface area contributed by atoms with E-state index in [-0.39, 0.29) is 5.56 Å². The molecule has 0 unspecified atom stereocenters. The summed E-state index contributed by atoms with van der Waals surface area (Å²) in [4.78, 5) is 7.28. The Bertz CT molecular complexity index is 850. The van der Waals surface area contributed by atoms with Crippen LogP contribution in [0.15, 0.2) is 42.5 Å². The fourth-order valence-electron chi connectivity index (χ4n) is 2.15. The van der Waals surface area contributed by atoms with Crippen molar-refractivity contribution in [3.05, 3.63) is 64.4 Å². The van der Waals surface area contributed by atoms with E-state index in [9.17, 15) is 13.2 Å². The average Bonchev–Trinajstić information content (AvgIpc) is 2.86. The molecule has 0 bridgehead atoms. The molecule has 0 aliphatic heterocycles. The first kappa shape index (κ1) is 14.7. The molecule has 1 N–H and O–H groups in total. The molecule has 3 rings (SSSR count). The number of nitrogens with one attached hydrogen (secondary N) is 1. The Kier molecular flexibility index (Phi) is 3.66. The van der Waals surface area contributed by atoms with Crippen LogP contribution in [0.4, 0.5) is 13.2 Å². The molecule has 112 valence electrons. The van der Waals surface area contributed by atoms with Gasteiger partial charge >= 0.3 is 6.18 Å². The van der Waals surface area contributed by atoms with Crippen LogP contribution >= 0.6 is 11.6 Å². The van der Waals surface area contributed by atoms with Crippen molar-refractivity contribution in [2.24, 2.45) is 0 Å². The number of hydrogen-bond acceptors (Lipinski definition) is 1. The Hall–Kier alpha value is -2.27. The maximum Gasteiger partial charge on any atom is 0.416 e. The minimum Gasteiger partial charge on any atom is -0.338 e. The molecule has 0 spiro atoms. The predicted molar refractivity (Wildman–Crippen MR) is 81.5 cm³/mol. The lowest BCUT2D eigenvalue weighted by Crippen LogP contribution is -2.06. The number of nitrogens with zero attached hydrogens (tertiary/aromatic N) is 1. The van der Waals surface area contributed by atoms with Gasteiger partial charge in [0.05, 0.1) is 16.6 Å². The van der Waals surface area contributed by atoms with Crippen molar-refractivity contribution >= 4 is 34.8 Å². The van der Waals surface area contributed by atoms with Gasteiger partial charge in [0.15, 0.2) is 0 Å². The summed E-state index contributed by atoms with van der Waals surface area (Å²) in [6, 6.07) is 10.6. The van der Waals surface area contributed by atoms with E-state index < -0.39 is 11.7 Å². The van der Waals surface area contributed by atoms with E-state index in [1.165, 1.54) is 24.3 Å². The molecule has 1 aromatic heterocycles. The Morgan fingerprint density at radius 2 is 1.82 bits per heavy atom. The molecule has 0 aliphatic carbocycles. The minimum atomic E-state index is -4.39. The highest BCUT2D eigenvalue weighted by Crippen LogP contribution is 2.32. The van der Waals surface area contributed by atoms with E-state index >= 15 is 0 Å². The summed E-state index contributed by atoms with van der Waals surface area (Å²) in [6.07, 6.45) is -1.48. The van der Waals surface area contributed by atoms with Crippen LogP contribution < -0.4 is 0 Å². The van der Waals surface area contributed by atoms with Crippen LogP contribution in [-0.2, 0) is 6.18 Å². The van der Waals surface area contributed by atoms with Crippen molar-refractivity contribution in [2.45, 2.75) is 6.18 Å². The third-order valence-electron chi connectivity index (χ3n) is 3.15. The second kappa shape index (κ2) is 5.50. The summed E-state index contributed by atoms with van der Waals surface area (Å²) >= 11 is 5.88. The Labute approximate surface area is 129 Å². The summed E-state index contributed by atoms with van der Waals surface area (Å²) < 4.78 is 38.7. The summed E-state index contributed by atoms with van der Waals surface area (Å²) in [7, 11) is 0. The maximum atomic E-state index is 12.9. The van der Waals surface area contributed by atoms with Gasteiger partial charge in [-0.25, -0.2) is 4.98 Å². The van der Waals surface area contributed by atoms with Gasteiger partial charge in [0.2, 0.25) is 0 Å². The van der Waals surface area contributed by atoms with Crippen LogP contribution in [0, 0.1) is 0 Å². The number of aromatic nitrogens is 2. The van der Waals surface area contributed by atoms with Crippen molar-refractivity contribution in [1.29, 1.82) is 0 Å². The lowest BCUT2D eigenvalue weighted by Gasteiger charge is -2.09. The minimum absolute atomic E-state index is 0.0912. The molecule has 0 amide bonds. The first-order valence-corrected chi connectivity index (χ1v) is 6.81. The lowest BCUT2D eigenvalue weighted by molar-refractivity contribution is -0.137. The van der Waals surface area contributed by atoms with Crippen molar-refractivity contribution in [2.75, 3.05) is 0 Å². The molecule has 6 heteroatoms. The van der Waals surface area contributed by atoms with E-state index in [4.69, 9.17) is 11.6 Å². The Balaban J connectivity index is 1.96. The van der Waals surface area contributed by atoms with Crippen molar-refractivity contribution in [3.63, 3.8) is 0 Å². The number of alkyl halides is 3. The number of halogens is 4. The molecule has 3 aromatic rings. The molecule has 0 saturated carbocycles. The summed E-state index contributed by atoms with van der Waals surface area (Å²) in [5.41, 5.74) is 0.850. The zero-order valence-corrected chi connectivity index (χ0v) is 11.9. The summed E-state index contributed by atoms with van der Waals surface area (Å²) in [5, 5.41) is 0.564.